The van der Waals surface area contributed by atoms with Crippen LogP contribution < -0.4 is 0 Å². The summed E-state index contributed by atoms with van der Waals surface area (Å²) in [6.45, 7) is 1.03. The van der Waals surface area contributed by atoms with Crippen molar-refractivity contribution in [3.63, 3.8) is 0 Å². The number of nitrogens with one attached hydrogen (secondary N) is 1. The van der Waals surface area contributed by atoms with Crippen LogP contribution in [-0.2, 0) is 22.7 Å². The first-order valence-corrected chi connectivity index (χ1v) is 12.1. The predicted molar refractivity (Wildman–Crippen MR) is 107 cm³/mol. The van der Waals surface area contributed by atoms with Gasteiger partial charge in [-0.2, -0.15) is 19.7 Å². The highest BCUT2D eigenvalue weighted by molar-refractivity contribution is 7.90. The van der Waals surface area contributed by atoms with E-state index in [1.807, 2.05) is 0 Å². The van der Waals surface area contributed by atoms with Gasteiger partial charge < -0.3 is 4.90 Å². The Bertz CT molecular complexity index is 1230. The third kappa shape index (κ3) is 3.17. The van der Waals surface area contributed by atoms with E-state index in [2.05, 4.69) is 25.3 Å². The van der Waals surface area contributed by atoms with Gasteiger partial charge in [-0.25, -0.2) is 13.4 Å². The van der Waals surface area contributed by atoms with Crippen LogP contribution in [0.1, 0.15) is 59.0 Å². The molecule has 1 fully saturated rings. The molecule has 30 heavy (non-hydrogen) atoms. The maximum atomic E-state index is 13.3. The Morgan fingerprint density at radius 3 is 2.87 bits per heavy atom. The number of amides is 1. The van der Waals surface area contributed by atoms with Crippen LogP contribution in [0.5, 0.6) is 0 Å². The Morgan fingerprint density at radius 1 is 1.20 bits per heavy atom. The molecule has 0 unspecified atom stereocenters. The SMILES string of the molecule is CS(=O)(=O)c1cnc2ncnn2c1[C@@H]1CCCN(C(=O)c2n[nH]c3c2CCCC3)C1. The van der Waals surface area contributed by atoms with E-state index in [1.165, 1.54) is 17.0 Å². The molecule has 0 radical (unpaired) electrons. The summed E-state index contributed by atoms with van der Waals surface area (Å²) in [6.07, 6.45) is 9.36. The largest absolute Gasteiger partial charge is 0.337 e. The molecule has 1 aliphatic heterocycles. The lowest BCUT2D eigenvalue weighted by Crippen LogP contribution is -2.40. The fourth-order valence-electron chi connectivity index (χ4n) is 4.63. The molecule has 0 bridgehead atoms. The van der Waals surface area contributed by atoms with Crippen molar-refractivity contribution in [2.75, 3.05) is 19.3 Å². The van der Waals surface area contributed by atoms with E-state index in [9.17, 15) is 13.2 Å². The Kier molecular flexibility index (Phi) is 4.57. The molecule has 1 aliphatic carbocycles. The Balaban J connectivity index is 1.50. The minimum Gasteiger partial charge on any atom is -0.337 e. The number of aromatic amines is 1. The molecule has 2 aliphatic rings. The zero-order valence-electron chi connectivity index (χ0n) is 16.7. The molecular formula is C19H23N7O3S. The highest BCUT2D eigenvalue weighted by atomic mass is 32.2. The second kappa shape index (κ2) is 7.15. The summed E-state index contributed by atoms with van der Waals surface area (Å²) >= 11 is 0. The van der Waals surface area contributed by atoms with E-state index in [4.69, 9.17) is 0 Å². The van der Waals surface area contributed by atoms with Gasteiger partial charge >= 0.3 is 0 Å². The number of hydrogen-bond donors (Lipinski definition) is 1. The van der Waals surface area contributed by atoms with Crippen LogP contribution in [0, 0.1) is 0 Å². The van der Waals surface area contributed by atoms with Crippen LogP contribution >= 0.6 is 0 Å². The molecule has 4 heterocycles. The maximum Gasteiger partial charge on any atom is 0.274 e. The fourth-order valence-corrected chi connectivity index (χ4v) is 5.51. The summed E-state index contributed by atoms with van der Waals surface area (Å²) in [5.74, 6) is 0.0699. The second-order valence-electron chi connectivity index (χ2n) is 8.08. The van der Waals surface area contributed by atoms with Gasteiger partial charge in [-0.1, -0.05) is 0 Å². The number of carbonyl (C=O) groups excluding carboxylic acids is 1. The van der Waals surface area contributed by atoms with Crippen LogP contribution in [0.25, 0.3) is 5.78 Å². The number of rotatable bonds is 3. The normalized spacial score (nSPS) is 19.8. The molecule has 0 aromatic carbocycles. The molecule has 1 atom stereocenters. The number of hydrogen-bond acceptors (Lipinski definition) is 7. The van der Waals surface area contributed by atoms with Crippen molar-refractivity contribution in [3.8, 4) is 0 Å². The van der Waals surface area contributed by atoms with E-state index >= 15 is 0 Å². The van der Waals surface area contributed by atoms with Crippen molar-refractivity contribution in [3.05, 3.63) is 35.2 Å². The third-order valence-electron chi connectivity index (χ3n) is 6.06. The van der Waals surface area contributed by atoms with Crippen molar-refractivity contribution in [2.24, 2.45) is 0 Å². The van der Waals surface area contributed by atoms with Gasteiger partial charge in [-0.05, 0) is 38.5 Å². The standard InChI is InChI=1S/C19H23N7O3S/c1-30(28,29)15-9-20-19-21-11-22-26(19)17(15)12-5-4-8-25(10-12)18(27)16-13-6-2-3-7-14(13)23-24-16/h9,11-12H,2-8,10H2,1H3,(H,23,24)/t12-/m1/s1. The lowest BCUT2D eigenvalue weighted by Gasteiger charge is -2.33. The fraction of sp³-hybridized carbons (Fsp3) is 0.526. The summed E-state index contributed by atoms with van der Waals surface area (Å²) in [6, 6.07) is 0. The number of aryl methyl sites for hydroxylation is 1. The number of fused-ring (bicyclic) bond motifs is 2. The Morgan fingerprint density at radius 2 is 2.03 bits per heavy atom. The maximum absolute atomic E-state index is 13.3. The molecule has 0 spiro atoms. The number of piperidine rings is 1. The molecule has 10 nitrogen and oxygen atoms in total. The molecule has 1 N–H and O–H groups in total. The van der Waals surface area contributed by atoms with E-state index in [1.54, 1.807) is 4.90 Å². The number of sulfone groups is 1. The van der Waals surface area contributed by atoms with Gasteiger partial charge in [0.25, 0.3) is 11.7 Å². The Hall–Kier alpha value is -2.82. The first-order valence-electron chi connectivity index (χ1n) is 10.2. The van der Waals surface area contributed by atoms with Gasteiger partial charge in [0, 0.05) is 36.5 Å². The lowest BCUT2D eigenvalue weighted by atomic mass is 9.92. The monoisotopic (exact) mass is 429 g/mol. The van der Waals surface area contributed by atoms with Crippen molar-refractivity contribution in [1.29, 1.82) is 0 Å². The Labute approximate surface area is 173 Å². The van der Waals surface area contributed by atoms with Crippen molar-refractivity contribution in [2.45, 2.75) is 49.3 Å². The topological polar surface area (TPSA) is 126 Å². The van der Waals surface area contributed by atoms with Crippen LogP contribution in [0.3, 0.4) is 0 Å². The minimum absolute atomic E-state index is 0.0936. The number of aromatic nitrogens is 6. The number of nitrogens with zero attached hydrogens (tertiary/aromatic N) is 6. The van der Waals surface area contributed by atoms with Gasteiger partial charge in [0.1, 0.15) is 11.2 Å². The summed E-state index contributed by atoms with van der Waals surface area (Å²) in [5, 5.41) is 11.6. The van der Waals surface area contributed by atoms with E-state index in [0.29, 0.717) is 30.3 Å². The number of likely N-dealkylation sites (tertiary alicyclic amines) is 1. The molecular weight excluding hydrogens is 406 g/mol. The predicted octanol–water partition coefficient (Wildman–Crippen LogP) is 1.15. The zero-order chi connectivity index (χ0) is 20.9. The van der Waals surface area contributed by atoms with Crippen molar-refractivity contribution < 1.29 is 13.2 Å². The van der Waals surface area contributed by atoms with Crippen LogP contribution in [0.4, 0.5) is 0 Å². The van der Waals surface area contributed by atoms with E-state index in [-0.39, 0.29) is 16.7 Å². The van der Waals surface area contributed by atoms with Crippen LogP contribution in [0.15, 0.2) is 17.4 Å². The summed E-state index contributed by atoms with van der Waals surface area (Å²) in [5.41, 5.74) is 3.15. The molecule has 1 saturated heterocycles. The smallest absolute Gasteiger partial charge is 0.274 e. The molecule has 158 valence electrons. The van der Waals surface area contributed by atoms with Crippen LogP contribution in [0.2, 0.25) is 0 Å². The summed E-state index contributed by atoms with van der Waals surface area (Å²) in [4.78, 5) is 23.4. The highest BCUT2D eigenvalue weighted by Gasteiger charge is 2.33. The molecule has 11 heteroatoms. The van der Waals surface area contributed by atoms with Gasteiger partial charge in [0.05, 0.1) is 11.9 Å². The molecule has 3 aromatic rings. The first-order chi connectivity index (χ1) is 14.4. The molecule has 5 rings (SSSR count). The van der Waals surface area contributed by atoms with Gasteiger partial charge in [-0.15, -0.1) is 0 Å². The number of carbonyl (C=O) groups is 1. The molecule has 3 aromatic heterocycles. The van der Waals surface area contributed by atoms with Crippen molar-refractivity contribution >= 4 is 21.5 Å². The third-order valence-corrected chi connectivity index (χ3v) is 7.17. The quantitative estimate of drug-likeness (QED) is 0.662. The van der Waals surface area contributed by atoms with Gasteiger partial charge in [0.15, 0.2) is 15.5 Å². The zero-order valence-corrected chi connectivity index (χ0v) is 17.5. The van der Waals surface area contributed by atoms with Gasteiger partial charge in [0.2, 0.25) is 0 Å². The summed E-state index contributed by atoms with van der Waals surface area (Å²) in [7, 11) is -3.52. The summed E-state index contributed by atoms with van der Waals surface area (Å²) < 4.78 is 26.3. The second-order valence-corrected chi connectivity index (χ2v) is 10.1. The molecule has 1 amide bonds. The van der Waals surface area contributed by atoms with Crippen molar-refractivity contribution in [1.82, 2.24) is 34.7 Å². The average molecular weight is 430 g/mol. The van der Waals surface area contributed by atoms with E-state index < -0.39 is 9.84 Å². The number of H-pyrrole nitrogens is 1. The van der Waals surface area contributed by atoms with Crippen LogP contribution in [-0.4, -0.2) is 68.3 Å². The lowest BCUT2D eigenvalue weighted by molar-refractivity contribution is 0.0697. The highest BCUT2D eigenvalue weighted by Crippen LogP contribution is 2.32. The first kappa shape index (κ1) is 19.2. The minimum atomic E-state index is -3.52. The van der Waals surface area contributed by atoms with Gasteiger partial charge in [-0.3, -0.25) is 9.89 Å². The molecule has 0 saturated carbocycles. The average Bonchev–Trinajstić information content (AvgIpc) is 3.39. The van der Waals surface area contributed by atoms with E-state index in [0.717, 1.165) is 56.0 Å².